The molecule has 0 saturated carbocycles. The number of piperidine rings is 1. The monoisotopic (exact) mass is 440 g/mol. The lowest BCUT2D eigenvalue weighted by molar-refractivity contribution is -0.122. The zero-order valence-electron chi connectivity index (χ0n) is 17.8. The van der Waals surface area contributed by atoms with E-state index in [4.69, 9.17) is 9.90 Å². The zero-order valence-corrected chi connectivity index (χ0v) is 17.8. The molecular weight excluding hydrogens is 412 g/mol. The Morgan fingerprint density at radius 3 is 2.84 bits per heavy atom. The molecule has 10 heteroatoms. The third-order valence-electron chi connectivity index (χ3n) is 5.42. The average molecular weight is 441 g/mol. The van der Waals surface area contributed by atoms with Gasteiger partial charge in [0.05, 0.1) is 30.7 Å². The van der Waals surface area contributed by atoms with Crippen LogP contribution in [0, 0.1) is 0 Å². The molecule has 1 amide bonds. The number of hydrogen-bond donors (Lipinski definition) is 3. The van der Waals surface area contributed by atoms with E-state index in [9.17, 15) is 9.90 Å². The highest BCUT2D eigenvalue weighted by Crippen LogP contribution is 2.16. The summed E-state index contributed by atoms with van der Waals surface area (Å²) >= 11 is 0. The van der Waals surface area contributed by atoms with Crippen LogP contribution in [-0.4, -0.2) is 79.3 Å². The number of carbonyl (C=O) groups excluding carboxylic acids is 1. The summed E-state index contributed by atoms with van der Waals surface area (Å²) < 4.78 is 1.92. The molecule has 1 saturated heterocycles. The van der Waals surface area contributed by atoms with Crippen molar-refractivity contribution in [2.75, 3.05) is 26.2 Å². The first-order chi connectivity index (χ1) is 15.7. The first kappa shape index (κ1) is 23.3. The number of hydrogen-bond acceptors (Lipinski definition) is 7. The second-order valence-electron chi connectivity index (χ2n) is 7.49. The molecule has 1 fully saturated rings. The number of carboxylic acid groups (broad SMARTS) is 1. The fourth-order valence-electron chi connectivity index (χ4n) is 3.83. The number of carbonyl (C=O) groups is 2. The van der Waals surface area contributed by atoms with Gasteiger partial charge in [0.1, 0.15) is 5.52 Å². The van der Waals surface area contributed by atoms with Crippen LogP contribution in [0.25, 0.3) is 11.2 Å². The largest absolute Gasteiger partial charge is 0.483 e. The first-order valence-corrected chi connectivity index (χ1v) is 10.6. The molecule has 0 bridgehead atoms. The van der Waals surface area contributed by atoms with Crippen LogP contribution in [0.5, 0.6) is 0 Å². The molecule has 0 radical (unpaired) electrons. The SMILES string of the molecule is O=C(NCCN1CCCCC1CO)c1cnc2c(c1)ncn2Cc1ccccn1.O=CO. The first-order valence-electron chi connectivity index (χ1n) is 10.6. The van der Waals surface area contributed by atoms with E-state index in [1.54, 1.807) is 24.8 Å². The minimum atomic E-state index is -0.250. The highest BCUT2D eigenvalue weighted by molar-refractivity contribution is 5.96. The van der Waals surface area contributed by atoms with Gasteiger partial charge in [-0.25, -0.2) is 9.97 Å². The van der Waals surface area contributed by atoms with Crippen molar-refractivity contribution in [3.63, 3.8) is 0 Å². The van der Waals surface area contributed by atoms with Gasteiger partial charge in [0, 0.05) is 31.5 Å². The molecule has 0 aromatic carbocycles. The summed E-state index contributed by atoms with van der Waals surface area (Å²) in [4.78, 5) is 36.3. The summed E-state index contributed by atoms with van der Waals surface area (Å²) in [5.74, 6) is -0.156. The summed E-state index contributed by atoms with van der Waals surface area (Å²) in [7, 11) is 0. The van der Waals surface area contributed by atoms with E-state index in [1.807, 2.05) is 22.8 Å². The number of nitrogens with zero attached hydrogens (tertiary/aromatic N) is 5. The van der Waals surface area contributed by atoms with Gasteiger partial charge in [-0.1, -0.05) is 12.5 Å². The molecule has 3 N–H and O–H groups in total. The van der Waals surface area contributed by atoms with Crippen LogP contribution in [0.3, 0.4) is 0 Å². The Hall–Kier alpha value is -3.37. The Kier molecular flexibility index (Phi) is 8.64. The molecule has 4 rings (SSSR count). The Labute approximate surface area is 185 Å². The number of likely N-dealkylation sites (tertiary alicyclic amines) is 1. The van der Waals surface area contributed by atoms with E-state index in [-0.39, 0.29) is 25.0 Å². The van der Waals surface area contributed by atoms with E-state index in [2.05, 4.69) is 25.2 Å². The number of nitrogens with one attached hydrogen (secondary N) is 1. The Morgan fingerprint density at radius 1 is 1.25 bits per heavy atom. The maximum Gasteiger partial charge on any atom is 0.290 e. The maximum absolute atomic E-state index is 12.5. The van der Waals surface area contributed by atoms with Crippen molar-refractivity contribution in [2.24, 2.45) is 0 Å². The number of amides is 1. The number of aliphatic hydroxyl groups excluding tert-OH is 1. The lowest BCUT2D eigenvalue weighted by atomic mass is 10.0. The summed E-state index contributed by atoms with van der Waals surface area (Å²) in [5, 5.41) is 19.3. The van der Waals surface area contributed by atoms with Crippen molar-refractivity contribution in [3.8, 4) is 0 Å². The number of pyridine rings is 2. The lowest BCUT2D eigenvalue weighted by Crippen LogP contribution is -2.45. The minimum Gasteiger partial charge on any atom is -0.483 e. The summed E-state index contributed by atoms with van der Waals surface area (Å²) in [6.45, 7) is 2.77. The fourth-order valence-corrected chi connectivity index (χ4v) is 3.83. The van der Waals surface area contributed by atoms with Gasteiger partial charge in [0.25, 0.3) is 12.4 Å². The Bertz CT molecular complexity index is 1010. The second kappa shape index (κ2) is 11.9. The third-order valence-corrected chi connectivity index (χ3v) is 5.42. The van der Waals surface area contributed by atoms with Crippen molar-refractivity contribution in [3.05, 3.63) is 54.2 Å². The smallest absolute Gasteiger partial charge is 0.290 e. The van der Waals surface area contributed by atoms with Gasteiger partial charge < -0.3 is 20.1 Å². The molecule has 1 atom stereocenters. The summed E-state index contributed by atoms with van der Waals surface area (Å²) in [6, 6.07) is 7.76. The van der Waals surface area contributed by atoms with Gasteiger partial charge in [0.2, 0.25) is 0 Å². The number of aliphatic hydroxyl groups is 1. The summed E-state index contributed by atoms with van der Waals surface area (Å²) in [6.07, 6.45) is 8.40. The van der Waals surface area contributed by atoms with Gasteiger partial charge in [0.15, 0.2) is 5.65 Å². The molecule has 32 heavy (non-hydrogen) atoms. The normalized spacial score (nSPS) is 16.2. The molecule has 0 spiro atoms. The molecular formula is C22H28N6O4. The van der Waals surface area contributed by atoms with Gasteiger partial charge in [-0.05, 0) is 37.6 Å². The predicted molar refractivity (Wildman–Crippen MR) is 118 cm³/mol. The van der Waals surface area contributed by atoms with Gasteiger partial charge in [-0.15, -0.1) is 0 Å². The number of imidazole rings is 1. The molecule has 3 aromatic rings. The van der Waals surface area contributed by atoms with E-state index in [0.717, 1.165) is 43.7 Å². The van der Waals surface area contributed by atoms with E-state index >= 15 is 0 Å². The van der Waals surface area contributed by atoms with Crippen LogP contribution < -0.4 is 5.32 Å². The van der Waals surface area contributed by atoms with Crippen LogP contribution in [0.2, 0.25) is 0 Å². The van der Waals surface area contributed by atoms with Gasteiger partial charge >= 0.3 is 0 Å². The van der Waals surface area contributed by atoms with Crippen molar-refractivity contribution in [2.45, 2.75) is 31.8 Å². The van der Waals surface area contributed by atoms with Crippen LogP contribution in [0.1, 0.15) is 35.3 Å². The molecule has 1 aliphatic heterocycles. The van der Waals surface area contributed by atoms with Gasteiger partial charge in [-0.3, -0.25) is 19.5 Å². The minimum absolute atomic E-state index is 0.156. The number of rotatable bonds is 7. The zero-order chi connectivity index (χ0) is 22.8. The highest BCUT2D eigenvalue weighted by atomic mass is 16.3. The van der Waals surface area contributed by atoms with Crippen LogP contribution >= 0.6 is 0 Å². The molecule has 1 aliphatic rings. The lowest BCUT2D eigenvalue weighted by Gasteiger charge is -2.34. The Balaban J connectivity index is 0.000000913. The van der Waals surface area contributed by atoms with E-state index < -0.39 is 0 Å². The van der Waals surface area contributed by atoms with Crippen LogP contribution in [0.4, 0.5) is 0 Å². The number of aromatic nitrogens is 4. The topological polar surface area (TPSA) is 133 Å². The summed E-state index contributed by atoms with van der Waals surface area (Å²) in [5.41, 5.74) is 2.84. The van der Waals surface area contributed by atoms with Crippen molar-refractivity contribution in [1.82, 2.24) is 29.7 Å². The molecule has 0 aliphatic carbocycles. The maximum atomic E-state index is 12.5. The van der Waals surface area contributed by atoms with Crippen molar-refractivity contribution in [1.29, 1.82) is 0 Å². The molecule has 10 nitrogen and oxygen atoms in total. The quantitative estimate of drug-likeness (QED) is 0.466. The molecule has 3 aromatic heterocycles. The highest BCUT2D eigenvalue weighted by Gasteiger charge is 2.21. The van der Waals surface area contributed by atoms with Crippen LogP contribution in [0.15, 0.2) is 43.0 Å². The van der Waals surface area contributed by atoms with Crippen molar-refractivity contribution < 1.29 is 19.8 Å². The van der Waals surface area contributed by atoms with Crippen LogP contribution in [-0.2, 0) is 11.3 Å². The predicted octanol–water partition coefficient (Wildman–Crippen LogP) is 1.15. The average Bonchev–Trinajstić information content (AvgIpc) is 3.22. The Morgan fingerprint density at radius 2 is 2.09 bits per heavy atom. The second-order valence-corrected chi connectivity index (χ2v) is 7.49. The number of fused-ring (bicyclic) bond motifs is 1. The van der Waals surface area contributed by atoms with E-state index in [1.165, 1.54) is 0 Å². The fraction of sp³-hybridized carbons (Fsp3) is 0.409. The van der Waals surface area contributed by atoms with Gasteiger partial charge in [-0.2, -0.15) is 0 Å². The third kappa shape index (κ3) is 6.08. The molecule has 4 heterocycles. The van der Waals surface area contributed by atoms with Crippen molar-refractivity contribution >= 4 is 23.5 Å². The standard InChI is InChI=1S/C21H26N6O2.CH2O2/c28-14-18-6-2-4-9-26(18)10-8-23-21(29)16-11-19-20(24-12-16)27(15-25-19)13-17-5-1-3-7-22-17;2-1-3/h1,3,5,7,11-12,15,18,28H,2,4,6,8-10,13-14H2,(H,23,29);1H,(H,2,3). The molecule has 1 unspecified atom stereocenters. The molecule has 170 valence electrons. The van der Waals surface area contributed by atoms with E-state index in [0.29, 0.717) is 24.2 Å².